The molecule has 0 unspecified atom stereocenters. The first-order chi connectivity index (χ1) is 5.54. The fraction of sp³-hybridized carbons (Fsp3) is 0.167. The van der Waals surface area contributed by atoms with Crippen molar-refractivity contribution >= 4 is 28.9 Å². The Morgan fingerprint density at radius 1 is 1.67 bits per heavy atom. The van der Waals surface area contributed by atoms with Gasteiger partial charge in [-0.3, -0.25) is 0 Å². The van der Waals surface area contributed by atoms with Crippen LogP contribution in [0.5, 0.6) is 0 Å². The smallest absolute Gasteiger partial charge is 0.346 e. The number of hydrogen-bond donors (Lipinski definition) is 1. The van der Waals surface area contributed by atoms with Crippen LogP contribution < -0.4 is 0 Å². The van der Waals surface area contributed by atoms with Crippen molar-refractivity contribution in [2.75, 3.05) is 0 Å². The predicted molar refractivity (Wildman–Crippen MR) is 41.2 cm³/mol. The lowest BCUT2D eigenvalue weighted by Crippen LogP contribution is -1.97. The van der Waals surface area contributed by atoms with Gasteiger partial charge in [-0.25, -0.2) is 13.6 Å². The van der Waals surface area contributed by atoms with E-state index in [0.29, 0.717) is 11.3 Å². The quantitative estimate of drug-likeness (QED) is 0.818. The number of halogens is 3. The van der Waals surface area contributed by atoms with Gasteiger partial charge in [0.15, 0.2) is 0 Å². The minimum absolute atomic E-state index is 0.188. The molecule has 1 heterocycles. The highest BCUT2D eigenvalue weighted by Crippen LogP contribution is 2.34. The van der Waals surface area contributed by atoms with Crippen molar-refractivity contribution in [3.63, 3.8) is 0 Å². The van der Waals surface area contributed by atoms with E-state index < -0.39 is 22.8 Å². The maximum absolute atomic E-state index is 12.1. The summed E-state index contributed by atoms with van der Waals surface area (Å²) >= 11 is 6.05. The molecule has 0 aromatic carbocycles. The van der Waals surface area contributed by atoms with E-state index in [9.17, 15) is 13.6 Å². The minimum atomic E-state index is -2.84. The Labute approximate surface area is 75.4 Å². The van der Waals surface area contributed by atoms with Gasteiger partial charge in [0.1, 0.15) is 4.88 Å². The summed E-state index contributed by atoms with van der Waals surface area (Å²) in [4.78, 5) is 9.96. The molecule has 66 valence electrons. The molecule has 1 N–H and O–H groups in total. The van der Waals surface area contributed by atoms with Gasteiger partial charge in [0.05, 0.1) is 10.6 Å². The highest BCUT2D eigenvalue weighted by Gasteiger charge is 2.23. The number of aromatic carboxylic acids is 1. The third-order valence-electron chi connectivity index (χ3n) is 1.19. The van der Waals surface area contributed by atoms with Crippen LogP contribution in [0.2, 0.25) is 5.02 Å². The van der Waals surface area contributed by atoms with Crippen LogP contribution in [0.15, 0.2) is 5.38 Å². The number of carboxylic acid groups (broad SMARTS) is 1. The zero-order valence-electron chi connectivity index (χ0n) is 5.55. The minimum Gasteiger partial charge on any atom is -0.477 e. The summed E-state index contributed by atoms with van der Waals surface area (Å²) in [6, 6.07) is 0. The van der Waals surface area contributed by atoms with Crippen molar-refractivity contribution in [2.24, 2.45) is 0 Å². The molecule has 1 rings (SSSR count). The van der Waals surface area contributed by atoms with E-state index in [2.05, 4.69) is 0 Å². The lowest BCUT2D eigenvalue weighted by molar-refractivity contribution is 0.0691. The third-order valence-corrected chi connectivity index (χ3v) is 2.62. The largest absolute Gasteiger partial charge is 0.477 e. The first kappa shape index (κ1) is 9.41. The molecule has 0 radical (unpaired) electrons. The van der Waals surface area contributed by atoms with Crippen molar-refractivity contribution in [3.05, 3.63) is 20.8 Å². The maximum Gasteiger partial charge on any atom is 0.346 e. The Kier molecular flexibility index (Phi) is 2.64. The topological polar surface area (TPSA) is 37.3 Å². The summed E-state index contributed by atoms with van der Waals surface area (Å²) in [5.41, 5.74) is -0.589. The molecule has 0 amide bonds. The molecule has 1 aromatic rings. The first-order valence-corrected chi connectivity index (χ1v) is 4.08. The van der Waals surface area contributed by atoms with Gasteiger partial charge in [-0.05, 0) is 0 Å². The van der Waals surface area contributed by atoms with Crippen molar-refractivity contribution in [1.29, 1.82) is 0 Å². The standard InChI is InChI=1S/C6H3ClF2O2S/c7-2-1-12-4(6(10)11)3(2)5(8)9/h1,5H,(H,10,11). The van der Waals surface area contributed by atoms with E-state index in [4.69, 9.17) is 16.7 Å². The normalized spacial score (nSPS) is 10.7. The number of carboxylic acids is 1. The molecule has 0 saturated heterocycles. The summed E-state index contributed by atoms with van der Waals surface area (Å²) in [5, 5.41) is 9.45. The van der Waals surface area contributed by atoms with Crippen LogP contribution in [0.25, 0.3) is 0 Å². The molecule has 0 spiro atoms. The van der Waals surface area contributed by atoms with Gasteiger partial charge in [-0.1, -0.05) is 11.6 Å². The molecule has 0 saturated carbocycles. The Hall–Kier alpha value is -0.680. The van der Waals surface area contributed by atoms with E-state index in [0.717, 1.165) is 0 Å². The van der Waals surface area contributed by atoms with Gasteiger partial charge in [-0.15, -0.1) is 11.3 Å². The van der Waals surface area contributed by atoms with Gasteiger partial charge in [0, 0.05) is 5.38 Å². The molecule has 0 atom stereocenters. The van der Waals surface area contributed by atoms with Gasteiger partial charge < -0.3 is 5.11 Å². The van der Waals surface area contributed by atoms with Crippen LogP contribution in [0.3, 0.4) is 0 Å². The highest BCUT2D eigenvalue weighted by atomic mass is 35.5. The van der Waals surface area contributed by atoms with Crippen LogP contribution in [0.1, 0.15) is 21.7 Å². The Morgan fingerprint density at radius 3 is 2.58 bits per heavy atom. The molecule has 0 aliphatic rings. The van der Waals surface area contributed by atoms with Crippen LogP contribution in [0.4, 0.5) is 8.78 Å². The third kappa shape index (κ3) is 1.56. The lowest BCUT2D eigenvalue weighted by atomic mass is 10.2. The van der Waals surface area contributed by atoms with Crippen molar-refractivity contribution in [2.45, 2.75) is 6.43 Å². The zero-order chi connectivity index (χ0) is 9.30. The Bertz CT molecular complexity index is 310. The lowest BCUT2D eigenvalue weighted by Gasteiger charge is -1.97. The van der Waals surface area contributed by atoms with Gasteiger partial charge in [0.2, 0.25) is 0 Å². The van der Waals surface area contributed by atoms with Crippen molar-refractivity contribution in [3.8, 4) is 0 Å². The van der Waals surface area contributed by atoms with E-state index in [1.807, 2.05) is 0 Å². The van der Waals surface area contributed by atoms with Crippen molar-refractivity contribution in [1.82, 2.24) is 0 Å². The average Bonchev–Trinajstić information content (AvgIpc) is 2.30. The molecule has 1 aromatic heterocycles. The molecule has 0 bridgehead atoms. The second-order valence-electron chi connectivity index (χ2n) is 1.93. The first-order valence-electron chi connectivity index (χ1n) is 2.82. The molecule has 12 heavy (non-hydrogen) atoms. The number of rotatable bonds is 2. The predicted octanol–water partition coefficient (Wildman–Crippen LogP) is 3.04. The second-order valence-corrected chi connectivity index (χ2v) is 3.22. The van der Waals surface area contributed by atoms with Crippen molar-refractivity contribution < 1.29 is 18.7 Å². The van der Waals surface area contributed by atoms with Gasteiger partial charge >= 0.3 is 5.97 Å². The summed E-state index contributed by atoms with van der Waals surface area (Å²) < 4.78 is 24.3. The van der Waals surface area contributed by atoms with E-state index >= 15 is 0 Å². The Balaban J connectivity index is 3.21. The fourth-order valence-corrected chi connectivity index (χ4v) is 1.86. The number of alkyl halides is 2. The highest BCUT2D eigenvalue weighted by molar-refractivity contribution is 7.12. The Morgan fingerprint density at radius 2 is 2.25 bits per heavy atom. The maximum atomic E-state index is 12.1. The van der Waals surface area contributed by atoms with Gasteiger partial charge in [0.25, 0.3) is 6.43 Å². The van der Waals surface area contributed by atoms with Gasteiger partial charge in [-0.2, -0.15) is 0 Å². The van der Waals surface area contributed by atoms with E-state index in [1.165, 1.54) is 5.38 Å². The fourth-order valence-electron chi connectivity index (χ4n) is 0.715. The molecule has 6 heteroatoms. The summed E-state index contributed by atoms with van der Waals surface area (Å²) in [6.07, 6.45) is -2.84. The van der Waals surface area contributed by atoms with E-state index in [-0.39, 0.29) is 5.02 Å². The second kappa shape index (κ2) is 3.37. The van der Waals surface area contributed by atoms with E-state index in [1.54, 1.807) is 0 Å². The summed E-state index contributed by atoms with van der Waals surface area (Å²) in [6.45, 7) is 0. The van der Waals surface area contributed by atoms with Crippen LogP contribution in [-0.2, 0) is 0 Å². The SMILES string of the molecule is O=C(O)c1scc(Cl)c1C(F)F. The number of hydrogen-bond acceptors (Lipinski definition) is 2. The molecular weight excluding hydrogens is 210 g/mol. The number of thiophene rings is 1. The zero-order valence-corrected chi connectivity index (χ0v) is 7.12. The molecule has 0 fully saturated rings. The monoisotopic (exact) mass is 212 g/mol. The molecule has 0 aliphatic carbocycles. The summed E-state index contributed by atoms with van der Waals surface area (Å²) in [5.74, 6) is -1.37. The van der Waals surface area contributed by atoms with Crippen LogP contribution >= 0.6 is 22.9 Å². The molecule has 2 nitrogen and oxygen atoms in total. The number of carbonyl (C=O) groups is 1. The molecule has 0 aliphatic heterocycles. The summed E-state index contributed by atoms with van der Waals surface area (Å²) in [7, 11) is 0. The van der Waals surface area contributed by atoms with Crippen LogP contribution in [-0.4, -0.2) is 11.1 Å². The van der Waals surface area contributed by atoms with Crippen LogP contribution in [0, 0.1) is 0 Å². The average molecular weight is 213 g/mol. The molecular formula is C6H3ClF2O2S.